The Morgan fingerprint density at radius 3 is 2.78 bits per heavy atom. The molecule has 2 rings (SSSR count). The predicted molar refractivity (Wildman–Crippen MR) is 69.7 cm³/mol. The highest BCUT2D eigenvalue weighted by Gasteiger charge is 2.22. The van der Waals surface area contributed by atoms with Gasteiger partial charge in [0.25, 0.3) is 0 Å². The second kappa shape index (κ2) is 6.48. The van der Waals surface area contributed by atoms with E-state index in [1.54, 1.807) is 0 Å². The van der Waals surface area contributed by atoms with E-state index in [0.717, 1.165) is 31.5 Å². The van der Waals surface area contributed by atoms with Crippen molar-refractivity contribution in [1.29, 1.82) is 0 Å². The SMILES string of the molecule is Fc1ccc(F)c(CNCC2CCCCC2Cl)c1. The molecule has 1 aliphatic rings. The second-order valence-corrected chi connectivity index (χ2v) is 5.49. The third-order valence-electron chi connectivity index (χ3n) is 3.55. The first-order valence-electron chi connectivity index (χ1n) is 6.45. The normalized spacial score (nSPS) is 24.2. The highest BCUT2D eigenvalue weighted by Crippen LogP contribution is 2.28. The molecule has 1 aliphatic carbocycles. The third-order valence-corrected chi connectivity index (χ3v) is 4.12. The fourth-order valence-corrected chi connectivity index (χ4v) is 2.83. The average molecular weight is 274 g/mol. The van der Waals surface area contributed by atoms with Crippen molar-refractivity contribution in [3.05, 3.63) is 35.4 Å². The van der Waals surface area contributed by atoms with Crippen LogP contribution >= 0.6 is 11.6 Å². The molecule has 2 atom stereocenters. The zero-order valence-electron chi connectivity index (χ0n) is 10.3. The minimum absolute atomic E-state index is 0.212. The number of benzene rings is 1. The maximum absolute atomic E-state index is 13.4. The Balaban J connectivity index is 1.82. The summed E-state index contributed by atoms with van der Waals surface area (Å²) in [5.74, 6) is -0.326. The quantitative estimate of drug-likeness (QED) is 0.822. The lowest BCUT2D eigenvalue weighted by molar-refractivity contribution is 0.347. The molecule has 1 saturated carbocycles. The van der Waals surface area contributed by atoms with Gasteiger partial charge in [-0.1, -0.05) is 12.8 Å². The largest absolute Gasteiger partial charge is 0.312 e. The van der Waals surface area contributed by atoms with Gasteiger partial charge in [-0.15, -0.1) is 11.6 Å². The smallest absolute Gasteiger partial charge is 0.127 e. The van der Waals surface area contributed by atoms with Crippen molar-refractivity contribution in [3.8, 4) is 0 Å². The van der Waals surface area contributed by atoms with E-state index in [9.17, 15) is 8.78 Å². The highest BCUT2D eigenvalue weighted by atomic mass is 35.5. The molecule has 1 aromatic rings. The van der Waals surface area contributed by atoms with Crippen LogP contribution in [0.3, 0.4) is 0 Å². The summed E-state index contributed by atoms with van der Waals surface area (Å²) in [4.78, 5) is 0. The molecule has 0 radical (unpaired) electrons. The Kier molecular flexibility index (Phi) is 4.95. The third kappa shape index (κ3) is 3.66. The van der Waals surface area contributed by atoms with Crippen LogP contribution in [-0.2, 0) is 6.54 Å². The molecule has 1 N–H and O–H groups in total. The van der Waals surface area contributed by atoms with Crippen LogP contribution in [0.1, 0.15) is 31.2 Å². The van der Waals surface area contributed by atoms with Gasteiger partial charge in [0.2, 0.25) is 0 Å². The molecule has 4 heteroatoms. The molecular formula is C14H18ClF2N. The minimum Gasteiger partial charge on any atom is -0.312 e. The zero-order valence-corrected chi connectivity index (χ0v) is 11.0. The van der Waals surface area contributed by atoms with E-state index in [1.165, 1.54) is 18.9 Å². The van der Waals surface area contributed by atoms with Crippen molar-refractivity contribution in [2.24, 2.45) is 5.92 Å². The second-order valence-electron chi connectivity index (χ2n) is 4.93. The fraction of sp³-hybridized carbons (Fsp3) is 0.571. The van der Waals surface area contributed by atoms with E-state index in [-0.39, 0.29) is 11.2 Å². The van der Waals surface area contributed by atoms with Crippen LogP contribution in [0, 0.1) is 17.6 Å². The average Bonchev–Trinajstić information content (AvgIpc) is 2.36. The van der Waals surface area contributed by atoms with Crippen LogP contribution < -0.4 is 5.32 Å². The van der Waals surface area contributed by atoms with Gasteiger partial charge in [-0.2, -0.15) is 0 Å². The van der Waals surface area contributed by atoms with Crippen molar-refractivity contribution >= 4 is 11.6 Å². The van der Waals surface area contributed by atoms with E-state index in [1.807, 2.05) is 0 Å². The van der Waals surface area contributed by atoms with Crippen LogP contribution in [-0.4, -0.2) is 11.9 Å². The molecule has 0 saturated heterocycles. The van der Waals surface area contributed by atoms with Crippen LogP contribution in [0.5, 0.6) is 0 Å². The first-order chi connectivity index (χ1) is 8.66. The highest BCUT2D eigenvalue weighted by molar-refractivity contribution is 6.20. The lowest BCUT2D eigenvalue weighted by Crippen LogP contribution is -2.31. The molecule has 0 bridgehead atoms. The summed E-state index contributed by atoms with van der Waals surface area (Å²) in [6.45, 7) is 1.12. The molecule has 1 aromatic carbocycles. The molecule has 0 aliphatic heterocycles. The Bertz CT molecular complexity index is 397. The molecule has 0 spiro atoms. The lowest BCUT2D eigenvalue weighted by atomic mass is 9.89. The summed E-state index contributed by atoms with van der Waals surface area (Å²) in [5, 5.41) is 3.39. The first-order valence-corrected chi connectivity index (χ1v) is 6.89. The molecule has 0 heterocycles. The molecule has 0 aromatic heterocycles. The van der Waals surface area contributed by atoms with E-state index >= 15 is 0 Å². The Hall–Kier alpha value is -0.670. The van der Waals surface area contributed by atoms with E-state index in [4.69, 9.17) is 11.6 Å². The maximum atomic E-state index is 13.4. The van der Waals surface area contributed by atoms with Gasteiger partial charge in [-0.25, -0.2) is 8.78 Å². The Labute approximate surface area is 112 Å². The van der Waals surface area contributed by atoms with Gasteiger partial charge >= 0.3 is 0 Å². The fourth-order valence-electron chi connectivity index (χ4n) is 2.46. The first kappa shape index (κ1) is 13.8. The minimum atomic E-state index is -0.402. The van der Waals surface area contributed by atoms with E-state index < -0.39 is 5.82 Å². The van der Waals surface area contributed by atoms with Crippen LogP contribution in [0.15, 0.2) is 18.2 Å². The summed E-state index contributed by atoms with van der Waals surface area (Å²) in [6, 6.07) is 3.54. The number of hydrogen-bond donors (Lipinski definition) is 1. The number of rotatable bonds is 4. The molecule has 0 amide bonds. The summed E-state index contributed by atoms with van der Waals surface area (Å²) >= 11 is 6.25. The summed E-state index contributed by atoms with van der Waals surface area (Å²) in [7, 11) is 0. The van der Waals surface area contributed by atoms with E-state index in [0.29, 0.717) is 18.0 Å². The van der Waals surface area contributed by atoms with Crippen molar-refractivity contribution < 1.29 is 8.78 Å². The lowest BCUT2D eigenvalue weighted by Gasteiger charge is -2.27. The van der Waals surface area contributed by atoms with Gasteiger partial charge in [0, 0.05) is 17.5 Å². The maximum Gasteiger partial charge on any atom is 0.127 e. The van der Waals surface area contributed by atoms with Crippen LogP contribution in [0.2, 0.25) is 0 Å². The molecule has 2 unspecified atom stereocenters. The molecule has 1 fully saturated rings. The monoisotopic (exact) mass is 273 g/mol. The Morgan fingerprint density at radius 2 is 2.00 bits per heavy atom. The number of hydrogen-bond acceptors (Lipinski definition) is 1. The topological polar surface area (TPSA) is 12.0 Å². The summed E-state index contributed by atoms with van der Waals surface area (Å²) in [6.07, 6.45) is 4.59. The molecule has 100 valence electrons. The Morgan fingerprint density at radius 1 is 1.22 bits per heavy atom. The van der Waals surface area contributed by atoms with Gasteiger partial charge in [-0.05, 0) is 43.5 Å². The standard InChI is InChI=1S/C14H18ClF2N/c15-13-4-2-1-3-10(13)8-18-9-11-7-12(16)5-6-14(11)17/h5-7,10,13,18H,1-4,8-9H2. The van der Waals surface area contributed by atoms with Crippen molar-refractivity contribution in [3.63, 3.8) is 0 Å². The number of halogens is 3. The van der Waals surface area contributed by atoms with Gasteiger partial charge in [0.1, 0.15) is 11.6 Å². The van der Waals surface area contributed by atoms with Gasteiger partial charge < -0.3 is 5.32 Å². The van der Waals surface area contributed by atoms with Gasteiger partial charge in [0.15, 0.2) is 0 Å². The molecular weight excluding hydrogens is 256 g/mol. The molecule has 18 heavy (non-hydrogen) atoms. The van der Waals surface area contributed by atoms with Crippen LogP contribution in [0.4, 0.5) is 8.78 Å². The van der Waals surface area contributed by atoms with Crippen molar-refractivity contribution in [2.75, 3.05) is 6.54 Å². The zero-order chi connectivity index (χ0) is 13.0. The van der Waals surface area contributed by atoms with E-state index in [2.05, 4.69) is 5.32 Å². The van der Waals surface area contributed by atoms with Gasteiger partial charge in [0.05, 0.1) is 0 Å². The van der Waals surface area contributed by atoms with Gasteiger partial charge in [-0.3, -0.25) is 0 Å². The van der Waals surface area contributed by atoms with Crippen LogP contribution in [0.25, 0.3) is 0 Å². The number of alkyl halides is 1. The van der Waals surface area contributed by atoms with Crippen molar-refractivity contribution in [2.45, 2.75) is 37.6 Å². The predicted octanol–water partition coefficient (Wildman–Crippen LogP) is 3.85. The summed E-state index contributed by atoms with van der Waals surface area (Å²) < 4.78 is 26.4. The molecule has 1 nitrogen and oxygen atoms in total. The van der Waals surface area contributed by atoms with Crippen molar-refractivity contribution in [1.82, 2.24) is 5.32 Å². The number of nitrogens with one attached hydrogen (secondary N) is 1. The summed E-state index contributed by atoms with van der Waals surface area (Å²) in [5.41, 5.74) is 0.372.